The standard InChI is InChI=1S/C13H18ClN3/c1-13(2,3)5-7-17-11-4-6-15-9-10(11)16-12(17)8-14/h4,6,9H,5,7-8H2,1-3H3. The Morgan fingerprint density at radius 1 is 1.35 bits per heavy atom. The molecule has 0 aromatic carbocycles. The van der Waals surface area contributed by atoms with Gasteiger partial charge in [-0.15, -0.1) is 11.6 Å². The van der Waals surface area contributed by atoms with Crippen molar-refractivity contribution in [1.29, 1.82) is 0 Å². The third-order valence-corrected chi connectivity index (χ3v) is 3.07. The van der Waals surface area contributed by atoms with Crippen molar-refractivity contribution in [2.24, 2.45) is 5.41 Å². The lowest BCUT2D eigenvalue weighted by Crippen LogP contribution is -2.11. The summed E-state index contributed by atoms with van der Waals surface area (Å²) in [6, 6.07) is 2.00. The van der Waals surface area contributed by atoms with Gasteiger partial charge in [0.1, 0.15) is 11.3 Å². The van der Waals surface area contributed by atoms with Crippen LogP contribution in [0.5, 0.6) is 0 Å². The van der Waals surface area contributed by atoms with Crippen molar-refractivity contribution in [3.63, 3.8) is 0 Å². The maximum absolute atomic E-state index is 5.95. The molecule has 2 heterocycles. The van der Waals surface area contributed by atoms with Gasteiger partial charge in [0.05, 0.1) is 17.6 Å². The smallest absolute Gasteiger partial charge is 0.124 e. The molecule has 0 aliphatic rings. The number of pyridine rings is 1. The van der Waals surface area contributed by atoms with E-state index < -0.39 is 0 Å². The molecule has 0 radical (unpaired) electrons. The molecule has 2 aromatic rings. The topological polar surface area (TPSA) is 30.7 Å². The van der Waals surface area contributed by atoms with Gasteiger partial charge in [0, 0.05) is 12.7 Å². The molecule has 2 aromatic heterocycles. The first kappa shape index (κ1) is 12.4. The van der Waals surface area contributed by atoms with Gasteiger partial charge in [-0.3, -0.25) is 4.98 Å². The molecule has 0 unspecified atom stereocenters. The predicted molar refractivity (Wildman–Crippen MR) is 71.2 cm³/mol. The summed E-state index contributed by atoms with van der Waals surface area (Å²) in [5.41, 5.74) is 2.37. The summed E-state index contributed by atoms with van der Waals surface area (Å²) < 4.78 is 2.20. The van der Waals surface area contributed by atoms with Crippen molar-refractivity contribution in [1.82, 2.24) is 14.5 Å². The summed E-state index contributed by atoms with van der Waals surface area (Å²) in [5.74, 6) is 1.37. The Balaban J connectivity index is 2.37. The summed E-state index contributed by atoms with van der Waals surface area (Å²) in [6.45, 7) is 7.68. The third-order valence-electron chi connectivity index (χ3n) is 2.83. The molecule has 0 N–H and O–H groups in total. The van der Waals surface area contributed by atoms with E-state index >= 15 is 0 Å². The number of aromatic nitrogens is 3. The molecule has 2 rings (SSSR count). The molecule has 0 saturated heterocycles. The average molecular weight is 252 g/mol. The quantitative estimate of drug-likeness (QED) is 0.781. The largest absolute Gasteiger partial charge is 0.327 e. The van der Waals surface area contributed by atoms with E-state index in [2.05, 4.69) is 35.3 Å². The average Bonchev–Trinajstić information content (AvgIpc) is 2.63. The van der Waals surface area contributed by atoms with Gasteiger partial charge in [0.15, 0.2) is 0 Å². The second-order valence-corrected chi connectivity index (χ2v) is 5.76. The van der Waals surface area contributed by atoms with E-state index in [1.165, 1.54) is 0 Å². The van der Waals surface area contributed by atoms with Crippen molar-refractivity contribution in [3.05, 3.63) is 24.3 Å². The predicted octanol–water partition coefficient (Wildman–Crippen LogP) is 3.61. The maximum Gasteiger partial charge on any atom is 0.124 e. The highest BCUT2D eigenvalue weighted by Gasteiger charge is 2.14. The second-order valence-electron chi connectivity index (χ2n) is 5.49. The van der Waals surface area contributed by atoms with E-state index in [4.69, 9.17) is 11.6 Å². The zero-order valence-electron chi connectivity index (χ0n) is 10.6. The molecule has 0 saturated carbocycles. The summed E-state index contributed by atoms with van der Waals surface area (Å²) in [7, 11) is 0. The fraction of sp³-hybridized carbons (Fsp3) is 0.538. The number of hydrogen-bond acceptors (Lipinski definition) is 2. The molecule has 0 spiro atoms. The summed E-state index contributed by atoms with van der Waals surface area (Å²) in [5, 5.41) is 0. The molecular formula is C13H18ClN3. The number of alkyl halides is 1. The maximum atomic E-state index is 5.95. The molecular weight excluding hydrogens is 234 g/mol. The number of nitrogens with zero attached hydrogens (tertiary/aromatic N) is 3. The number of aryl methyl sites for hydroxylation is 1. The Kier molecular flexibility index (Phi) is 3.38. The first-order valence-corrected chi connectivity index (χ1v) is 6.40. The number of halogens is 1. The Morgan fingerprint density at radius 3 is 2.76 bits per heavy atom. The van der Waals surface area contributed by atoms with Gasteiger partial charge in [-0.1, -0.05) is 20.8 Å². The number of fused-ring (bicyclic) bond motifs is 1. The van der Waals surface area contributed by atoms with E-state index in [1.807, 2.05) is 6.07 Å². The minimum Gasteiger partial charge on any atom is -0.327 e. The van der Waals surface area contributed by atoms with Gasteiger partial charge in [-0.05, 0) is 17.9 Å². The summed E-state index contributed by atoms with van der Waals surface area (Å²) in [6.07, 6.45) is 4.69. The SMILES string of the molecule is CC(C)(C)CCn1c(CCl)nc2cnccc21. The fourth-order valence-electron chi connectivity index (χ4n) is 1.83. The van der Waals surface area contributed by atoms with Crippen LogP contribution in [0.4, 0.5) is 0 Å². The monoisotopic (exact) mass is 251 g/mol. The van der Waals surface area contributed by atoms with Crippen LogP contribution in [0.15, 0.2) is 18.5 Å². The van der Waals surface area contributed by atoms with Crippen LogP contribution in [0.1, 0.15) is 33.0 Å². The van der Waals surface area contributed by atoms with Gasteiger partial charge in [0.25, 0.3) is 0 Å². The van der Waals surface area contributed by atoms with Gasteiger partial charge in [0.2, 0.25) is 0 Å². The minimum atomic E-state index is 0.313. The highest BCUT2D eigenvalue weighted by atomic mass is 35.5. The molecule has 0 atom stereocenters. The van der Waals surface area contributed by atoms with Crippen LogP contribution in [0.3, 0.4) is 0 Å². The van der Waals surface area contributed by atoms with Gasteiger partial charge in [-0.2, -0.15) is 0 Å². The van der Waals surface area contributed by atoms with Crippen molar-refractivity contribution >= 4 is 22.6 Å². The van der Waals surface area contributed by atoms with Crippen LogP contribution in [-0.4, -0.2) is 14.5 Å². The first-order chi connectivity index (χ1) is 8.01. The molecule has 0 amide bonds. The van der Waals surface area contributed by atoms with Crippen LogP contribution in [0, 0.1) is 5.41 Å². The normalized spacial score (nSPS) is 12.2. The van der Waals surface area contributed by atoms with Crippen LogP contribution in [-0.2, 0) is 12.4 Å². The lowest BCUT2D eigenvalue weighted by molar-refractivity contribution is 0.351. The van der Waals surface area contributed by atoms with E-state index in [9.17, 15) is 0 Å². The highest BCUT2D eigenvalue weighted by molar-refractivity contribution is 6.16. The highest BCUT2D eigenvalue weighted by Crippen LogP contribution is 2.23. The second kappa shape index (κ2) is 4.65. The number of imidazole rings is 1. The zero-order chi connectivity index (χ0) is 12.5. The lowest BCUT2D eigenvalue weighted by atomic mass is 9.92. The molecule has 0 aliphatic heterocycles. The van der Waals surface area contributed by atoms with Gasteiger partial charge < -0.3 is 4.57 Å². The Labute approximate surface area is 107 Å². The Morgan fingerprint density at radius 2 is 2.12 bits per heavy atom. The van der Waals surface area contributed by atoms with Crippen LogP contribution in [0.25, 0.3) is 11.0 Å². The molecule has 92 valence electrons. The molecule has 4 heteroatoms. The fourth-order valence-corrected chi connectivity index (χ4v) is 2.03. The van der Waals surface area contributed by atoms with E-state index in [-0.39, 0.29) is 0 Å². The van der Waals surface area contributed by atoms with Crippen molar-refractivity contribution in [2.75, 3.05) is 0 Å². The molecule has 0 fully saturated rings. The minimum absolute atomic E-state index is 0.313. The van der Waals surface area contributed by atoms with Gasteiger partial charge in [-0.25, -0.2) is 4.98 Å². The van der Waals surface area contributed by atoms with E-state index in [1.54, 1.807) is 12.4 Å². The number of hydrogen-bond donors (Lipinski definition) is 0. The van der Waals surface area contributed by atoms with E-state index in [0.717, 1.165) is 29.8 Å². The van der Waals surface area contributed by atoms with Crippen molar-refractivity contribution < 1.29 is 0 Å². The van der Waals surface area contributed by atoms with E-state index in [0.29, 0.717) is 11.3 Å². The van der Waals surface area contributed by atoms with Crippen molar-refractivity contribution in [3.8, 4) is 0 Å². The molecule has 0 bridgehead atoms. The zero-order valence-corrected chi connectivity index (χ0v) is 11.3. The first-order valence-electron chi connectivity index (χ1n) is 5.86. The lowest BCUT2D eigenvalue weighted by Gasteiger charge is -2.19. The van der Waals surface area contributed by atoms with Crippen LogP contribution >= 0.6 is 11.6 Å². The van der Waals surface area contributed by atoms with Crippen LogP contribution < -0.4 is 0 Å². The molecule has 0 aliphatic carbocycles. The van der Waals surface area contributed by atoms with Crippen LogP contribution in [0.2, 0.25) is 0 Å². The Hall–Kier alpha value is -1.09. The van der Waals surface area contributed by atoms with Crippen molar-refractivity contribution in [2.45, 2.75) is 39.6 Å². The van der Waals surface area contributed by atoms with Gasteiger partial charge >= 0.3 is 0 Å². The molecule has 3 nitrogen and oxygen atoms in total. The molecule has 17 heavy (non-hydrogen) atoms. The number of rotatable bonds is 3. The third kappa shape index (κ3) is 2.78. The Bertz CT molecular complexity index is 511. The summed E-state index contributed by atoms with van der Waals surface area (Å²) >= 11 is 5.95. The summed E-state index contributed by atoms with van der Waals surface area (Å²) in [4.78, 5) is 8.59.